The average Bonchev–Trinajstić information content (AvgIpc) is 3.25. The van der Waals surface area contributed by atoms with E-state index in [0.29, 0.717) is 31.8 Å². The molecule has 1 aliphatic carbocycles. The van der Waals surface area contributed by atoms with Crippen LogP contribution in [0.3, 0.4) is 0 Å². The number of rotatable bonds is 6. The SMILES string of the molecule is O=C(CSc1nc2sc3c(c2c(=O)n1-c1ccc(Br)cc1)CCCC3)NN=Cc1cccc(Cl)c1Cl. The molecule has 0 saturated heterocycles. The average molecular weight is 622 g/mol. The lowest BCUT2D eigenvalue weighted by Crippen LogP contribution is -2.24. The van der Waals surface area contributed by atoms with Crippen LogP contribution in [0.2, 0.25) is 10.0 Å². The van der Waals surface area contributed by atoms with Crippen molar-refractivity contribution in [3.05, 3.63) is 83.3 Å². The summed E-state index contributed by atoms with van der Waals surface area (Å²) in [6.45, 7) is 0. The van der Waals surface area contributed by atoms with Gasteiger partial charge >= 0.3 is 0 Å². The minimum Gasteiger partial charge on any atom is -0.272 e. The predicted molar refractivity (Wildman–Crippen MR) is 152 cm³/mol. The monoisotopic (exact) mass is 620 g/mol. The Morgan fingerprint density at radius 2 is 1.97 bits per heavy atom. The molecule has 0 bridgehead atoms. The molecule has 184 valence electrons. The van der Waals surface area contributed by atoms with Gasteiger partial charge in [-0.05, 0) is 61.6 Å². The second-order valence-electron chi connectivity index (χ2n) is 8.13. The number of thioether (sulfide) groups is 1. The molecular weight excluding hydrogens is 603 g/mol. The maximum Gasteiger partial charge on any atom is 0.267 e. The van der Waals surface area contributed by atoms with Crippen molar-refractivity contribution >= 4 is 84.6 Å². The van der Waals surface area contributed by atoms with E-state index in [-0.39, 0.29) is 17.2 Å². The zero-order chi connectivity index (χ0) is 25.2. The Bertz CT molecular complexity index is 1550. The molecule has 0 aliphatic heterocycles. The summed E-state index contributed by atoms with van der Waals surface area (Å²) in [5.41, 5.74) is 4.82. The third-order valence-electron chi connectivity index (χ3n) is 5.75. The number of hydrogen-bond acceptors (Lipinski definition) is 6. The highest BCUT2D eigenvalue weighted by Gasteiger charge is 2.23. The molecule has 1 aliphatic rings. The third kappa shape index (κ3) is 5.26. The summed E-state index contributed by atoms with van der Waals surface area (Å²) >= 11 is 18.4. The molecule has 0 unspecified atom stereocenters. The number of thiophene rings is 1. The minimum atomic E-state index is -0.337. The van der Waals surface area contributed by atoms with Crippen LogP contribution in [0, 0.1) is 0 Å². The van der Waals surface area contributed by atoms with E-state index in [9.17, 15) is 9.59 Å². The Balaban J connectivity index is 1.43. The first-order valence-electron chi connectivity index (χ1n) is 11.1. The topological polar surface area (TPSA) is 76.3 Å². The first kappa shape index (κ1) is 25.5. The molecule has 0 fully saturated rings. The number of benzene rings is 2. The van der Waals surface area contributed by atoms with Crippen molar-refractivity contribution in [3.63, 3.8) is 0 Å². The van der Waals surface area contributed by atoms with Gasteiger partial charge in [0, 0.05) is 14.9 Å². The Kier molecular flexibility index (Phi) is 7.83. The number of hydrazone groups is 1. The number of amides is 1. The Labute approximate surface area is 233 Å². The summed E-state index contributed by atoms with van der Waals surface area (Å²) in [4.78, 5) is 33.1. The van der Waals surface area contributed by atoms with Gasteiger partial charge in [-0.1, -0.05) is 63.0 Å². The van der Waals surface area contributed by atoms with Crippen LogP contribution in [0.15, 0.2) is 62.0 Å². The van der Waals surface area contributed by atoms with Crippen LogP contribution in [0.5, 0.6) is 0 Å². The largest absolute Gasteiger partial charge is 0.272 e. The normalized spacial score (nSPS) is 13.3. The fourth-order valence-electron chi connectivity index (χ4n) is 4.06. The number of nitrogens with zero attached hydrogens (tertiary/aromatic N) is 3. The zero-order valence-electron chi connectivity index (χ0n) is 18.8. The van der Waals surface area contributed by atoms with Gasteiger partial charge in [0.05, 0.1) is 33.1 Å². The number of aromatic nitrogens is 2. The second-order valence-corrected chi connectivity index (χ2v) is 11.9. The van der Waals surface area contributed by atoms with Crippen molar-refractivity contribution < 1.29 is 4.79 Å². The number of carbonyl (C=O) groups is 1. The molecule has 2 aromatic carbocycles. The van der Waals surface area contributed by atoms with Gasteiger partial charge < -0.3 is 0 Å². The number of carbonyl (C=O) groups excluding carboxylic acids is 1. The number of nitrogens with one attached hydrogen (secondary N) is 1. The second kappa shape index (κ2) is 11.1. The van der Waals surface area contributed by atoms with Crippen LogP contribution in [0.25, 0.3) is 15.9 Å². The summed E-state index contributed by atoms with van der Waals surface area (Å²) < 4.78 is 2.51. The standard InChI is InChI=1S/C25H19BrCl2N4O2S2/c26-15-8-10-16(11-9-15)32-24(34)21-17-5-1-2-7-19(17)36-23(21)30-25(32)35-13-20(33)31-29-12-14-4-3-6-18(27)22(14)28/h3-4,6,8-12H,1-2,5,7,13H2,(H,31,33). The number of aryl methyl sites for hydroxylation is 2. The highest BCUT2D eigenvalue weighted by atomic mass is 79.9. The molecule has 1 N–H and O–H groups in total. The molecule has 11 heteroatoms. The molecule has 5 rings (SSSR count). The van der Waals surface area contributed by atoms with E-state index < -0.39 is 0 Å². The molecule has 0 atom stereocenters. The molecule has 0 radical (unpaired) electrons. The molecule has 36 heavy (non-hydrogen) atoms. The first-order chi connectivity index (χ1) is 17.4. The lowest BCUT2D eigenvalue weighted by atomic mass is 9.97. The number of fused-ring (bicyclic) bond motifs is 3. The third-order valence-corrected chi connectivity index (χ3v) is 9.24. The van der Waals surface area contributed by atoms with Crippen molar-refractivity contribution in [1.29, 1.82) is 0 Å². The van der Waals surface area contributed by atoms with E-state index in [4.69, 9.17) is 28.2 Å². The molecule has 4 aromatic rings. The van der Waals surface area contributed by atoms with E-state index in [1.165, 1.54) is 22.9 Å². The van der Waals surface area contributed by atoms with Gasteiger partial charge in [-0.15, -0.1) is 11.3 Å². The summed E-state index contributed by atoms with van der Waals surface area (Å²) in [5, 5.41) is 5.92. The van der Waals surface area contributed by atoms with Crippen LogP contribution < -0.4 is 11.0 Å². The number of halogens is 3. The van der Waals surface area contributed by atoms with Crippen molar-refractivity contribution in [1.82, 2.24) is 15.0 Å². The molecule has 0 spiro atoms. The minimum absolute atomic E-state index is 0.0280. The fraction of sp³-hybridized carbons (Fsp3) is 0.200. The van der Waals surface area contributed by atoms with Crippen LogP contribution >= 0.6 is 62.2 Å². The smallest absolute Gasteiger partial charge is 0.267 e. The predicted octanol–water partition coefficient (Wildman–Crippen LogP) is 6.64. The lowest BCUT2D eigenvalue weighted by molar-refractivity contribution is -0.118. The van der Waals surface area contributed by atoms with Gasteiger partial charge in [-0.25, -0.2) is 10.4 Å². The number of hydrogen-bond donors (Lipinski definition) is 1. The maximum atomic E-state index is 13.8. The molecule has 2 heterocycles. The van der Waals surface area contributed by atoms with Gasteiger partial charge in [-0.2, -0.15) is 5.10 Å². The summed E-state index contributed by atoms with van der Waals surface area (Å²) in [7, 11) is 0. The van der Waals surface area contributed by atoms with Gasteiger partial charge in [0.2, 0.25) is 0 Å². The van der Waals surface area contributed by atoms with Crippen LogP contribution in [-0.4, -0.2) is 27.4 Å². The van der Waals surface area contributed by atoms with Crippen molar-refractivity contribution in [2.45, 2.75) is 30.8 Å². The van der Waals surface area contributed by atoms with E-state index >= 15 is 0 Å². The fourth-order valence-corrected chi connectivity index (χ4v) is 6.79. The van der Waals surface area contributed by atoms with E-state index in [1.807, 2.05) is 24.3 Å². The Hall–Kier alpha value is -2.17. The van der Waals surface area contributed by atoms with Crippen LogP contribution in [-0.2, 0) is 17.6 Å². The molecular formula is C25H19BrCl2N4O2S2. The first-order valence-corrected chi connectivity index (χ1v) is 14.5. The quantitative estimate of drug-likeness (QED) is 0.113. The molecule has 1 amide bonds. The zero-order valence-corrected chi connectivity index (χ0v) is 23.5. The maximum absolute atomic E-state index is 13.8. The summed E-state index contributed by atoms with van der Waals surface area (Å²) in [6, 6.07) is 12.7. The van der Waals surface area contributed by atoms with E-state index in [0.717, 1.165) is 40.5 Å². The highest BCUT2D eigenvalue weighted by Crippen LogP contribution is 2.35. The van der Waals surface area contributed by atoms with Crippen LogP contribution in [0.1, 0.15) is 28.8 Å². The van der Waals surface area contributed by atoms with Gasteiger partial charge in [0.15, 0.2) is 5.16 Å². The van der Waals surface area contributed by atoms with E-state index in [1.54, 1.807) is 34.1 Å². The highest BCUT2D eigenvalue weighted by molar-refractivity contribution is 9.10. The molecule has 0 saturated carbocycles. The van der Waals surface area contributed by atoms with Crippen molar-refractivity contribution in [2.24, 2.45) is 5.10 Å². The Morgan fingerprint density at radius 1 is 1.19 bits per heavy atom. The summed E-state index contributed by atoms with van der Waals surface area (Å²) in [5.74, 6) is -0.309. The van der Waals surface area contributed by atoms with Crippen LogP contribution in [0.4, 0.5) is 0 Å². The van der Waals surface area contributed by atoms with Crippen molar-refractivity contribution in [3.8, 4) is 5.69 Å². The van der Waals surface area contributed by atoms with Crippen molar-refractivity contribution in [2.75, 3.05) is 5.75 Å². The van der Waals surface area contributed by atoms with E-state index in [2.05, 4.69) is 26.5 Å². The van der Waals surface area contributed by atoms with Gasteiger partial charge in [0.25, 0.3) is 11.5 Å². The molecule has 6 nitrogen and oxygen atoms in total. The summed E-state index contributed by atoms with van der Waals surface area (Å²) in [6.07, 6.45) is 5.52. The Morgan fingerprint density at radius 3 is 2.78 bits per heavy atom. The van der Waals surface area contributed by atoms with Gasteiger partial charge in [-0.3, -0.25) is 14.2 Å². The lowest BCUT2D eigenvalue weighted by Gasteiger charge is -2.13. The van der Waals surface area contributed by atoms with Gasteiger partial charge in [0.1, 0.15) is 4.83 Å². The molecule has 2 aromatic heterocycles.